The highest BCUT2D eigenvalue weighted by Crippen LogP contribution is 2.38. The molecule has 0 bridgehead atoms. The average Bonchev–Trinajstić information content (AvgIpc) is 3.48. The van der Waals surface area contributed by atoms with Crippen molar-refractivity contribution in [1.29, 1.82) is 0 Å². The SMILES string of the molecule is COc1ccc(CNC(=O)C2CC2C(=O)NCCN2CCOCC2)cc1. The van der Waals surface area contributed by atoms with Crippen LogP contribution in [0.1, 0.15) is 12.0 Å². The lowest BCUT2D eigenvalue weighted by molar-refractivity contribution is -0.127. The number of benzene rings is 1. The minimum absolute atomic E-state index is 0.0112. The number of nitrogens with zero attached hydrogens (tertiary/aromatic N) is 1. The van der Waals surface area contributed by atoms with Gasteiger partial charge in [0.05, 0.1) is 32.2 Å². The number of carbonyl (C=O) groups is 2. The molecule has 26 heavy (non-hydrogen) atoms. The third kappa shape index (κ3) is 5.19. The van der Waals surface area contributed by atoms with Gasteiger partial charge in [0, 0.05) is 32.7 Å². The molecule has 2 unspecified atom stereocenters. The maximum absolute atomic E-state index is 12.2. The van der Waals surface area contributed by atoms with Gasteiger partial charge in [-0.25, -0.2) is 0 Å². The van der Waals surface area contributed by atoms with Crippen molar-refractivity contribution in [3.05, 3.63) is 29.8 Å². The van der Waals surface area contributed by atoms with E-state index >= 15 is 0 Å². The highest BCUT2D eigenvalue weighted by atomic mass is 16.5. The fraction of sp³-hybridized carbons (Fsp3) is 0.579. The Labute approximate surface area is 154 Å². The lowest BCUT2D eigenvalue weighted by Crippen LogP contribution is -2.41. The Balaban J connectivity index is 1.33. The highest BCUT2D eigenvalue weighted by molar-refractivity contribution is 5.92. The fourth-order valence-electron chi connectivity index (χ4n) is 3.13. The summed E-state index contributed by atoms with van der Waals surface area (Å²) in [4.78, 5) is 26.6. The molecule has 2 aliphatic rings. The quantitative estimate of drug-likeness (QED) is 0.701. The predicted molar refractivity (Wildman–Crippen MR) is 96.7 cm³/mol. The van der Waals surface area contributed by atoms with Crippen molar-refractivity contribution >= 4 is 11.8 Å². The molecule has 1 aromatic carbocycles. The summed E-state index contributed by atoms with van der Waals surface area (Å²) >= 11 is 0. The standard InChI is InChI=1S/C19H27N3O4/c1-25-15-4-2-14(3-5-15)13-21-19(24)17-12-16(17)18(23)20-6-7-22-8-10-26-11-9-22/h2-5,16-17H,6-13H2,1H3,(H,20,23)(H,21,24). The molecule has 2 atom stereocenters. The highest BCUT2D eigenvalue weighted by Gasteiger charge is 2.47. The summed E-state index contributed by atoms with van der Waals surface area (Å²) < 4.78 is 10.4. The second kappa shape index (κ2) is 9.00. The van der Waals surface area contributed by atoms with E-state index in [4.69, 9.17) is 9.47 Å². The molecule has 1 aliphatic heterocycles. The minimum atomic E-state index is -0.198. The Morgan fingerprint density at radius 1 is 1.12 bits per heavy atom. The minimum Gasteiger partial charge on any atom is -0.497 e. The number of rotatable bonds is 8. The number of carbonyl (C=O) groups excluding carboxylic acids is 2. The Hall–Kier alpha value is -2.12. The zero-order chi connectivity index (χ0) is 18.4. The van der Waals surface area contributed by atoms with E-state index in [1.807, 2.05) is 24.3 Å². The van der Waals surface area contributed by atoms with Crippen LogP contribution in [0.3, 0.4) is 0 Å². The summed E-state index contributed by atoms with van der Waals surface area (Å²) in [5.74, 6) is 0.347. The van der Waals surface area contributed by atoms with Crippen molar-refractivity contribution in [3.8, 4) is 5.75 Å². The van der Waals surface area contributed by atoms with Crippen LogP contribution in [-0.2, 0) is 20.9 Å². The number of hydrogen-bond donors (Lipinski definition) is 2. The van der Waals surface area contributed by atoms with E-state index in [1.54, 1.807) is 7.11 Å². The normalized spacial score (nSPS) is 22.5. The van der Waals surface area contributed by atoms with Crippen molar-refractivity contribution in [2.75, 3.05) is 46.5 Å². The van der Waals surface area contributed by atoms with Crippen LogP contribution < -0.4 is 15.4 Å². The molecule has 1 aromatic rings. The van der Waals surface area contributed by atoms with E-state index in [1.165, 1.54) is 0 Å². The van der Waals surface area contributed by atoms with Crippen molar-refractivity contribution in [2.45, 2.75) is 13.0 Å². The van der Waals surface area contributed by atoms with Crippen molar-refractivity contribution in [3.63, 3.8) is 0 Å². The molecule has 142 valence electrons. The Kier molecular flexibility index (Phi) is 6.46. The fourth-order valence-corrected chi connectivity index (χ4v) is 3.13. The van der Waals surface area contributed by atoms with Gasteiger partial charge < -0.3 is 20.1 Å². The van der Waals surface area contributed by atoms with Crippen LogP contribution >= 0.6 is 0 Å². The van der Waals surface area contributed by atoms with Gasteiger partial charge in [-0.2, -0.15) is 0 Å². The Morgan fingerprint density at radius 2 is 1.77 bits per heavy atom. The summed E-state index contributed by atoms with van der Waals surface area (Å²) in [6, 6.07) is 7.57. The number of nitrogens with one attached hydrogen (secondary N) is 2. The monoisotopic (exact) mass is 361 g/mol. The molecular weight excluding hydrogens is 334 g/mol. The largest absolute Gasteiger partial charge is 0.497 e. The number of hydrogen-bond acceptors (Lipinski definition) is 5. The number of methoxy groups -OCH3 is 1. The lowest BCUT2D eigenvalue weighted by atomic mass is 10.2. The van der Waals surface area contributed by atoms with E-state index < -0.39 is 0 Å². The van der Waals surface area contributed by atoms with Crippen LogP contribution in [0, 0.1) is 11.8 Å². The summed E-state index contributed by atoms with van der Waals surface area (Å²) in [6.07, 6.45) is 0.637. The van der Waals surface area contributed by atoms with Crippen molar-refractivity contribution in [2.24, 2.45) is 11.8 Å². The first-order chi connectivity index (χ1) is 12.7. The second-order valence-electron chi connectivity index (χ2n) is 6.76. The first kappa shape index (κ1) is 18.7. The number of amides is 2. The molecule has 7 nitrogen and oxygen atoms in total. The molecule has 7 heteroatoms. The van der Waals surface area contributed by atoms with Gasteiger partial charge in [-0.1, -0.05) is 12.1 Å². The molecule has 1 saturated heterocycles. The molecule has 0 spiro atoms. The first-order valence-electron chi connectivity index (χ1n) is 9.16. The zero-order valence-corrected chi connectivity index (χ0v) is 15.2. The maximum atomic E-state index is 12.2. The number of ether oxygens (including phenoxy) is 2. The van der Waals surface area contributed by atoms with E-state index in [0.29, 0.717) is 19.5 Å². The van der Waals surface area contributed by atoms with Gasteiger partial charge in [0.15, 0.2) is 0 Å². The van der Waals surface area contributed by atoms with Crippen molar-refractivity contribution in [1.82, 2.24) is 15.5 Å². The average molecular weight is 361 g/mol. The second-order valence-corrected chi connectivity index (χ2v) is 6.76. The van der Waals surface area contributed by atoms with Crippen LogP contribution in [0.15, 0.2) is 24.3 Å². The number of morpholine rings is 1. The van der Waals surface area contributed by atoms with Gasteiger partial charge in [-0.05, 0) is 24.1 Å². The van der Waals surface area contributed by atoms with E-state index in [-0.39, 0.29) is 23.7 Å². The lowest BCUT2D eigenvalue weighted by Gasteiger charge is -2.26. The van der Waals surface area contributed by atoms with Crippen molar-refractivity contribution < 1.29 is 19.1 Å². The first-order valence-corrected chi connectivity index (χ1v) is 9.16. The molecule has 1 heterocycles. The summed E-state index contributed by atoms with van der Waals surface area (Å²) in [6.45, 7) is 5.25. The van der Waals surface area contributed by atoms with Crippen LogP contribution in [-0.4, -0.2) is 63.2 Å². The molecule has 1 aliphatic carbocycles. The van der Waals surface area contributed by atoms with Gasteiger partial charge in [0.2, 0.25) is 11.8 Å². The molecule has 0 aromatic heterocycles. The molecule has 0 radical (unpaired) electrons. The molecule has 1 saturated carbocycles. The van der Waals surface area contributed by atoms with Crippen LogP contribution in [0.5, 0.6) is 5.75 Å². The van der Waals surface area contributed by atoms with Crippen LogP contribution in [0.2, 0.25) is 0 Å². The predicted octanol–water partition coefficient (Wildman–Crippen LogP) is 0.396. The summed E-state index contributed by atoms with van der Waals surface area (Å²) in [5.41, 5.74) is 1.01. The topological polar surface area (TPSA) is 79.9 Å². The molecule has 2 N–H and O–H groups in total. The maximum Gasteiger partial charge on any atom is 0.224 e. The molecule has 2 fully saturated rings. The van der Waals surface area contributed by atoms with Gasteiger partial charge in [0.1, 0.15) is 5.75 Å². The van der Waals surface area contributed by atoms with E-state index in [2.05, 4.69) is 15.5 Å². The molecule has 3 rings (SSSR count). The molecule has 2 amide bonds. The summed E-state index contributed by atoms with van der Waals surface area (Å²) in [7, 11) is 1.62. The van der Waals surface area contributed by atoms with Gasteiger partial charge in [-0.15, -0.1) is 0 Å². The van der Waals surface area contributed by atoms with Crippen LogP contribution in [0.4, 0.5) is 0 Å². The Bertz CT molecular complexity index is 614. The van der Waals surface area contributed by atoms with Crippen LogP contribution in [0.25, 0.3) is 0 Å². The molecular formula is C19H27N3O4. The smallest absolute Gasteiger partial charge is 0.224 e. The zero-order valence-electron chi connectivity index (χ0n) is 15.2. The van der Waals surface area contributed by atoms with E-state index in [9.17, 15) is 9.59 Å². The Morgan fingerprint density at radius 3 is 2.42 bits per heavy atom. The van der Waals surface area contributed by atoms with Gasteiger partial charge in [0.25, 0.3) is 0 Å². The summed E-state index contributed by atoms with van der Waals surface area (Å²) in [5, 5.41) is 5.86. The van der Waals surface area contributed by atoms with Gasteiger partial charge >= 0.3 is 0 Å². The van der Waals surface area contributed by atoms with Gasteiger partial charge in [-0.3, -0.25) is 14.5 Å². The van der Waals surface area contributed by atoms with E-state index in [0.717, 1.165) is 44.2 Å². The third-order valence-corrected chi connectivity index (χ3v) is 4.92. The third-order valence-electron chi connectivity index (χ3n) is 4.92.